The van der Waals surface area contributed by atoms with Crippen LogP contribution in [-0.4, -0.2) is 54.3 Å². The van der Waals surface area contributed by atoms with Crippen LogP contribution in [0, 0.1) is 17.8 Å². The molecule has 0 radical (unpaired) electrons. The molecule has 1 heterocycles. The molecule has 2 fully saturated rings. The fraction of sp³-hybridized carbons (Fsp3) is 0.696. The number of rotatable bonds is 5. The van der Waals surface area contributed by atoms with Crippen molar-refractivity contribution in [3.05, 3.63) is 35.9 Å². The van der Waals surface area contributed by atoms with Gasteiger partial charge in [-0.05, 0) is 43.1 Å². The Morgan fingerprint density at radius 1 is 1.10 bits per heavy atom. The van der Waals surface area contributed by atoms with Crippen LogP contribution in [0.15, 0.2) is 30.3 Å². The van der Waals surface area contributed by atoms with Gasteiger partial charge in [-0.3, -0.25) is 4.90 Å². The highest BCUT2D eigenvalue weighted by molar-refractivity contribution is 5.67. The van der Waals surface area contributed by atoms with Crippen molar-refractivity contribution in [3.63, 3.8) is 0 Å². The Labute approximate surface area is 177 Å². The van der Waals surface area contributed by atoms with E-state index in [9.17, 15) is 18.0 Å². The predicted molar refractivity (Wildman–Crippen MR) is 110 cm³/mol. The lowest BCUT2D eigenvalue weighted by molar-refractivity contribution is -0.184. The van der Waals surface area contributed by atoms with Crippen molar-refractivity contribution in [2.75, 3.05) is 26.2 Å². The van der Waals surface area contributed by atoms with Gasteiger partial charge in [0.15, 0.2) is 0 Å². The summed E-state index contributed by atoms with van der Waals surface area (Å²) in [7, 11) is 0. The number of halogens is 3. The number of amides is 1. The zero-order valence-electron chi connectivity index (χ0n) is 17.9. The van der Waals surface area contributed by atoms with Gasteiger partial charge in [0.25, 0.3) is 0 Å². The minimum atomic E-state index is -4.06. The second-order valence-electron chi connectivity index (χ2n) is 9.05. The number of carbonyl (C=O) groups is 1. The summed E-state index contributed by atoms with van der Waals surface area (Å²) in [5.41, 5.74) is 0.958. The molecule has 1 aliphatic heterocycles. The molecule has 0 N–H and O–H groups in total. The van der Waals surface area contributed by atoms with E-state index in [1.54, 1.807) is 4.90 Å². The minimum Gasteiger partial charge on any atom is -0.445 e. The van der Waals surface area contributed by atoms with Crippen LogP contribution in [0.5, 0.6) is 0 Å². The molecule has 1 aromatic carbocycles. The summed E-state index contributed by atoms with van der Waals surface area (Å²) >= 11 is 0. The first kappa shape index (κ1) is 22.9. The van der Waals surface area contributed by atoms with Crippen molar-refractivity contribution in [2.24, 2.45) is 17.8 Å². The first-order valence-electron chi connectivity index (χ1n) is 11.0. The van der Waals surface area contributed by atoms with Gasteiger partial charge < -0.3 is 9.64 Å². The molecule has 0 aromatic heterocycles. The van der Waals surface area contributed by atoms with E-state index in [1.807, 2.05) is 30.3 Å². The normalized spacial score (nSPS) is 26.1. The maximum absolute atomic E-state index is 12.9. The molecule has 0 spiro atoms. The van der Waals surface area contributed by atoms with Crippen molar-refractivity contribution in [1.82, 2.24) is 9.80 Å². The fourth-order valence-electron chi connectivity index (χ4n) is 4.69. The molecule has 0 unspecified atom stereocenters. The van der Waals surface area contributed by atoms with Crippen molar-refractivity contribution >= 4 is 6.09 Å². The molecule has 1 saturated heterocycles. The monoisotopic (exact) mass is 426 g/mol. The first-order chi connectivity index (χ1) is 14.2. The molecule has 168 valence electrons. The number of piperazine rings is 1. The fourth-order valence-corrected chi connectivity index (χ4v) is 4.69. The van der Waals surface area contributed by atoms with E-state index < -0.39 is 12.1 Å². The van der Waals surface area contributed by atoms with Gasteiger partial charge in [0.05, 0.1) is 5.92 Å². The number of carbonyl (C=O) groups excluding carboxylic acids is 1. The van der Waals surface area contributed by atoms with E-state index in [0.717, 1.165) is 18.7 Å². The largest absolute Gasteiger partial charge is 0.445 e. The van der Waals surface area contributed by atoms with Gasteiger partial charge in [-0.2, -0.15) is 13.2 Å². The third kappa shape index (κ3) is 6.13. The summed E-state index contributed by atoms with van der Waals surface area (Å²) in [6, 6.07) is 9.81. The SMILES string of the molecule is CC(C)[C@H]1CN(C(=O)OCc2ccccc2)CCN1C[C@H]1CC[C@@H](C(F)(F)F)CC1. The molecular weight excluding hydrogens is 393 g/mol. The lowest BCUT2D eigenvalue weighted by atomic mass is 9.81. The number of hydrogen-bond donors (Lipinski definition) is 0. The third-order valence-electron chi connectivity index (χ3n) is 6.57. The summed E-state index contributed by atoms with van der Waals surface area (Å²) in [5, 5.41) is 0. The van der Waals surface area contributed by atoms with Gasteiger partial charge in [-0.25, -0.2) is 4.79 Å². The lowest BCUT2D eigenvalue weighted by Gasteiger charge is -2.45. The second kappa shape index (κ2) is 10.0. The molecule has 1 saturated carbocycles. The zero-order chi connectivity index (χ0) is 21.7. The molecule has 4 nitrogen and oxygen atoms in total. The molecular formula is C23H33F3N2O2. The van der Waals surface area contributed by atoms with Crippen LogP contribution in [0.1, 0.15) is 45.1 Å². The molecule has 30 heavy (non-hydrogen) atoms. The van der Waals surface area contributed by atoms with Crippen LogP contribution in [0.2, 0.25) is 0 Å². The molecule has 1 amide bonds. The molecule has 2 aliphatic rings. The number of nitrogens with zero attached hydrogens (tertiary/aromatic N) is 2. The highest BCUT2D eigenvalue weighted by Crippen LogP contribution is 2.40. The Morgan fingerprint density at radius 2 is 1.77 bits per heavy atom. The summed E-state index contributed by atoms with van der Waals surface area (Å²) in [5.74, 6) is -0.478. The van der Waals surface area contributed by atoms with Crippen LogP contribution in [0.4, 0.5) is 18.0 Å². The van der Waals surface area contributed by atoms with Gasteiger partial charge in [0.2, 0.25) is 0 Å². The van der Waals surface area contributed by atoms with Crippen LogP contribution < -0.4 is 0 Å². The molecule has 1 aliphatic carbocycles. The van der Waals surface area contributed by atoms with Gasteiger partial charge in [-0.15, -0.1) is 0 Å². The Morgan fingerprint density at radius 3 is 2.37 bits per heavy atom. The Hall–Kier alpha value is -1.76. The van der Waals surface area contributed by atoms with Crippen molar-refractivity contribution in [1.29, 1.82) is 0 Å². The molecule has 7 heteroatoms. The van der Waals surface area contributed by atoms with Gasteiger partial charge >= 0.3 is 12.3 Å². The van der Waals surface area contributed by atoms with Gasteiger partial charge in [0.1, 0.15) is 6.61 Å². The number of ether oxygens (including phenoxy) is 1. The maximum atomic E-state index is 12.9. The average Bonchev–Trinajstić information content (AvgIpc) is 2.72. The van der Waals surface area contributed by atoms with E-state index in [0.29, 0.717) is 37.8 Å². The molecule has 3 rings (SSSR count). The zero-order valence-corrected chi connectivity index (χ0v) is 17.9. The van der Waals surface area contributed by atoms with Crippen molar-refractivity contribution in [3.8, 4) is 0 Å². The summed E-state index contributed by atoms with van der Waals surface area (Å²) in [6.07, 6.45) is -2.60. The number of benzene rings is 1. The van der Waals surface area contributed by atoms with Crippen molar-refractivity contribution in [2.45, 2.75) is 58.4 Å². The van der Waals surface area contributed by atoms with Gasteiger partial charge in [0, 0.05) is 32.2 Å². The Balaban J connectivity index is 1.50. The van der Waals surface area contributed by atoms with E-state index in [4.69, 9.17) is 4.74 Å². The quantitative estimate of drug-likeness (QED) is 0.638. The highest BCUT2D eigenvalue weighted by atomic mass is 19.4. The summed E-state index contributed by atoms with van der Waals surface area (Å²) in [4.78, 5) is 16.7. The Kier molecular flexibility index (Phi) is 7.66. The number of alkyl halides is 3. The van der Waals surface area contributed by atoms with E-state index in [-0.39, 0.29) is 31.6 Å². The highest BCUT2D eigenvalue weighted by Gasteiger charge is 2.42. The molecule has 0 bridgehead atoms. The van der Waals surface area contributed by atoms with Crippen LogP contribution in [0.25, 0.3) is 0 Å². The molecule has 1 atom stereocenters. The summed E-state index contributed by atoms with van der Waals surface area (Å²) < 4.78 is 44.3. The lowest BCUT2D eigenvalue weighted by Crippen LogP contribution is -2.57. The van der Waals surface area contributed by atoms with E-state index >= 15 is 0 Å². The second-order valence-corrected chi connectivity index (χ2v) is 9.05. The average molecular weight is 427 g/mol. The maximum Gasteiger partial charge on any atom is 0.410 e. The minimum absolute atomic E-state index is 0.198. The van der Waals surface area contributed by atoms with E-state index in [2.05, 4.69) is 18.7 Å². The van der Waals surface area contributed by atoms with Crippen LogP contribution >= 0.6 is 0 Å². The summed E-state index contributed by atoms with van der Waals surface area (Å²) in [6.45, 7) is 7.28. The topological polar surface area (TPSA) is 32.8 Å². The number of hydrogen-bond acceptors (Lipinski definition) is 3. The van der Waals surface area contributed by atoms with Gasteiger partial charge in [-0.1, -0.05) is 44.2 Å². The molecule has 1 aromatic rings. The van der Waals surface area contributed by atoms with E-state index in [1.165, 1.54) is 0 Å². The smallest absolute Gasteiger partial charge is 0.410 e. The van der Waals surface area contributed by atoms with Crippen LogP contribution in [0.3, 0.4) is 0 Å². The predicted octanol–water partition coefficient (Wildman–Crippen LogP) is 5.33. The first-order valence-corrected chi connectivity index (χ1v) is 11.0. The van der Waals surface area contributed by atoms with Crippen LogP contribution in [-0.2, 0) is 11.3 Å². The Bertz CT molecular complexity index is 673. The standard InChI is InChI=1S/C23H33F3N2O2/c1-17(2)21-15-28(22(29)30-16-19-6-4-3-5-7-19)13-12-27(21)14-18-8-10-20(11-9-18)23(24,25)26/h3-7,17-18,20-21H,8-16H2,1-2H3/t18-,20+,21-/m1/s1. The third-order valence-corrected chi connectivity index (χ3v) is 6.57. The van der Waals surface area contributed by atoms with Crippen molar-refractivity contribution < 1.29 is 22.7 Å².